The van der Waals surface area contributed by atoms with Crippen molar-refractivity contribution < 1.29 is 13.5 Å². The second-order valence-electron chi connectivity index (χ2n) is 2.21. The summed E-state index contributed by atoms with van der Waals surface area (Å²) >= 11 is 1.64. The highest BCUT2D eigenvalue weighted by molar-refractivity contribution is 14.1. The lowest BCUT2D eigenvalue weighted by atomic mass is 10.1. The molecule has 1 unspecified atom stereocenters. The number of ether oxygens (including phenoxy) is 1. The highest BCUT2D eigenvalue weighted by Gasteiger charge is 2.20. The fourth-order valence-electron chi connectivity index (χ4n) is 0.842. The maximum absolute atomic E-state index is 12.8. The van der Waals surface area contributed by atoms with Gasteiger partial charge in [0.1, 0.15) is 11.7 Å². The van der Waals surface area contributed by atoms with E-state index < -0.39 is 17.8 Å². The lowest BCUT2D eigenvalue weighted by Gasteiger charge is -2.15. The van der Waals surface area contributed by atoms with Gasteiger partial charge in [0.05, 0.1) is 9.68 Å². The van der Waals surface area contributed by atoms with Crippen LogP contribution in [0.3, 0.4) is 0 Å². The average Bonchev–Trinajstić information content (AvgIpc) is 1.99. The van der Waals surface area contributed by atoms with E-state index in [9.17, 15) is 8.78 Å². The Hall–Kier alpha value is 0.0300. The Bertz CT molecular complexity index is 222. The molecule has 1 atom stereocenters. The molecule has 1 aliphatic rings. The minimum Gasteiger partial charge on any atom is -0.377 e. The first-order chi connectivity index (χ1) is 5.15. The van der Waals surface area contributed by atoms with Crippen LogP contribution in [0.2, 0.25) is 0 Å². The molecule has 62 valence electrons. The van der Waals surface area contributed by atoms with Crippen molar-refractivity contribution in [3.8, 4) is 0 Å². The Morgan fingerprint density at radius 3 is 2.73 bits per heavy atom. The van der Waals surface area contributed by atoms with E-state index in [1.165, 1.54) is 13.2 Å². The van der Waals surface area contributed by atoms with E-state index in [1.54, 1.807) is 22.6 Å². The Morgan fingerprint density at radius 1 is 1.64 bits per heavy atom. The Labute approximate surface area is 77.3 Å². The monoisotopic (exact) mass is 272 g/mol. The van der Waals surface area contributed by atoms with Gasteiger partial charge < -0.3 is 4.74 Å². The summed E-state index contributed by atoms with van der Waals surface area (Å²) < 4.78 is 30.4. The molecule has 0 saturated carbocycles. The minimum atomic E-state index is -0.527. The molecule has 0 bridgehead atoms. The molecule has 0 aromatic rings. The third kappa shape index (κ3) is 1.99. The maximum atomic E-state index is 12.8. The molecule has 0 heterocycles. The summed E-state index contributed by atoms with van der Waals surface area (Å²) in [4.78, 5) is 0. The van der Waals surface area contributed by atoms with E-state index in [4.69, 9.17) is 4.74 Å². The summed E-state index contributed by atoms with van der Waals surface area (Å²) in [6.07, 6.45) is 0.973. The van der Waals surface area contributed by atoms with Gasteiger partial charge in [-0.25, -0.2) is 8.78 Å². The first kappa shape index (κ1) is 9.12. The lowest BCUT2D eigenvalue weighted by Crippen LogP contribution is -2.11. The van der Waals surface area contributed by atoms with Crippen LogP contribution in [0, 0.1) is 0 Å². The minimum absolute atomic E-state index is 0.0656. The molecular formula is C7H7F2IO. The van der Waals surface area contributed by atoms with Crippen molar-refractivity contribution in [2.24, 2.45) is 0 Å². The van der Waals surface area contributed by atoms with Crippen LogP contribution in [0.5, 0.6) is 0 Å². The number of hydrogen-bond acceptors (Lipinski definition) is 1. The van der Waals surface area contributed by atoms with Crippen molar-refractivity contribution in [1.29, 1.82) is 0 Å². The third-order valence-electron chi connectivity index (χ3n) is 1.46. The quantitative estimate of drug-likeness (QED) is 0.667. The highest BCUT2D eigenvalue weighted by Crippen LogP contribution is 2.32. The third-order valence-corrected chi connectivity index (χ3v) is 2.56. The first-order valence-corrected chi connectivity index (χ1v) is 4.17. The average molecular weight is 272 g/mol. The predicted octanol–water partition coefficient (Wildman–Crippen LogP) is 2.87. The summed E-state index contributed by atoms with van der Waals surface area (Å²) in [6, 6.07) is 0. The van der Waals surface area contributed by atoms with E-state index in [0.717, 1.165) is 0 Å². The van der Waals surface area contributed by atoms with Gasteiger partial charge in [0.15, 0.2) is 0 Å². The Kier molecular flexibility index (Phi) is 3.00. The van der Waals surface area contributed by atoms with Gasteiger partial charge in [-0.15, -0.1) is 0 Å². The van der Waals surface area contributed by atoms with Crippen molar-refractivity contribution in [2.75, 3.05) is 7.11 Å². The number of halogens is 3. The molecule has 0 radical (unpaired) electrons. The zero-order valence-corrected chi connectivity index (χ0v) is 8.06. The number of rotatable bonds is 1. The summed E-state index contributed by atoms with van der Waals surface area (Å²) in [5, 5.41) is 0. The zero-order chi connectivity index (χ0) is 8.43. The van der Waals surface area contributed by atoms with E-state index in [1.807, 2.05) is 0 Å². The van der Waals surface area contributed by atoms with Gasteiger partial charge in [-0.3, -0.25) is 0 Å². The Morgan fingerprint density at radius 2 is 2.27 bits per heavy atom. The van der Waals surface area contributed by atoms with E-state index in [2.05, 4.69) is 0 Å². The van der Waals surface area contributed by atoms with Crippen LogP contribution in [-0.2, 0) is 4.74 Å². The first-order valence-electron chi connectivity index (χ1n) is 3.09. The second-order valence-corrected chi connectivity index (χ2v) is 3.29. The van der Waals surface area contributed by atoms with Crippen LogP contribution in [0.25, 0.3) is 0 Å². The molecule has 1 aliphatic carbocycles. The zero-order valence-electron chi connectivity index (χ0n) is 5.90. The fraction of sp³-hybridized carbons (Fsp3) is 0.429. The van der Waals surface area contributed by atoms with Crippen molar-refractivity contribution in [1.82, 2.24) is 0 Å². The predicted molar refractivity (Wildman–Crippen MR) is 46.8 cm³/mol. The van der Waals surface area contributed by atoms with Gasteiger partial charge in [0.25, 0.3) is 0 Å². The summed E-state index contributed by atoms with van der Waals surface area (Å²) in [5.74, 6) is -0.960. The molecule has 0 saturated heterocycles. The van der Waals surface area contributed by atoms with Gasteiger partial charge in [-0.1, -0.05) is 0 Å². The topological polar surface area (TPSA) is 9.23 Å². The summed E-state index contributed by atoms with van der Waals surface area (Å²) in [7, 11) is 1.43. The smallest absolute Gasteiger partial charge is 0.137 e. The molecule has 0 aromatic carbocycles. The van der Waals surface area contributed by atoms with Crippen molar-refractivity contribution in [3.63, 3.8) is 0 Å². The highest BCUT2D eigenvalue weighted by atomic mass is 127. The van der Waals surface area contributed by atoms with E-state index >= 15 is 0 Å². The summed E-state index contributed by atoms with van der Waals surface area (Å²) in [5.41, 5.74) is 0. The standard InChI is InChI=1S/C7H7F2IO/c1-11-4-2-5(8)7(10)6(9)3-4/h2,4H,3H2,1H3. The molecular weight excluding hydrogens is 265 g/mol. The molecule has 0 N–H and O–H groups in total. The normalized spacial score (nSPS) is 25.5. The maximum Gasteiger partial charge on any atom is 0.137 e. The molecule has 4 heteroatoms. The van der Waals surface area contributed by atoms with Crippen molar-refractivity contribution >= 4 is 22.6 Å². The molecule has 1 rings (SSSR count). The molecule has 0 fully saturated rings. The van der Waals surface area contributed by atoms with Gasteiger partial charge >= 0.3 is 0 Å². The fourth-order valence-corrected chi connectivity index (χ4v) is 1.24. The van der Waals surface area contributed by atoms with Crippen molar-refractivity contribution in [3.05, 3.63) is 21.3 Å². The van der Waals surface area contributed by atoms with Crippen LogP contribution in [-0.4, -0.2) is 13.2 Å². The molecule has 0 aliphatic heterocycles. The van der Waals surface area contributed by atoms with Crippen LogP contribution in [0.15, 0.2) is 21.3 Å². The number of hydrogen-bond donors (Lipinski definition) is 0. The Balaban J connectivity index is 2.82. The molecule has 11 heavy (non-hydrogen) atoms. The summed E-state index contributed by atoms with van der Waals surface area (Å²) in [6.45, 7) is 0. The van der Waals surface area contributed by atoms with Gasteiger partial charge in [0, 0.05) is 13.5 Å². The number of methoxy groups -OCH3 is 1. The van der Waals surface area contributed by atoms with E-state index in [-0.39, 0.29) is 10.0 Å². The van der Waals surface area contributed by atoms with E-state index in [0.29, 0.717) is 0 Å². The molecule has 0 aromatic heterocycles. The van der Waals surface area contributed by atoms with Crippen LogP contribution >= 0.6 is 22.6 Å². The number of allylic oxidation sites excluding steroid dienone is 2. The van der Waals surface area contributed by atoms with Gasteiger partial charge in [-0.2, -0.15) is 0 Å². The largest absolute Gasteiger partial charge is 0.377 e. The lowest BCUT2D eigenvalue weighted by molar-refractivity contribution is 0.132. The second kappa shape index (κ2) is 3.62. The molecule has 0 spiro atoms. The van der Waals surface area contributed by atoms with Gasteiger partial charge in [0.2, 0.25) is 0 Å². The molecule has 1 nitrogen and oxygen atoms in total. The van der Waals surface area contributed by atoms with Crippen LogP contribution in [0.1, 0.15) is 6.42 Å². The van der Waals surface area contributed by atoms with Crippen LogP contribution < -0.4 is 0 Å². The van der Waals surface area contributed by atoms with Gasteiger partial charge in [-0.05, 0) is 28.7 Å². The van der Waals surface area contributed by atoms with Crippen LogP contribution in [0.4, 0.5) is 8.78 Å². The molecule has 0 amide bonds. The SMILES string of the molecule is COC1C=C(F)C(I)=C(F)C1. The van der Waals surface area contributed by atoms with Crippen molar-refractivity contribution in [2.45, 2.75) is 12.5 Å².